The van der Waals surface area contributed by atoms with Crippen LogP contribution in [0.3, 0.4) is 0 Å². The highest BCUT2D eigenvalue weighted by molar-refractivity contribution is 5.76. The van der Waals surface area contributed by atoms with Crippen molar-refractivity contribution in [1.82, 2.24) is 0 Å². The summed E-state index contributed by atoms with van der Waals surface area (Å²) in [6.45, 7) is 13.5. The fraction of sp³-hybridized carbons (Fsp3) is 0.957. The number of carbonyl (C=O) groups excluding carboxylic acids is 1. The van der Waals surface area contributed by atoms with E-state index in [-0.39, 0.29) is 11.4 Å². The molecule has 0 rings (SSSR count). The van der Waals surface area contributed by atoms with Crippen molar-refractivity contribution in [3.05, 3.63) is 0 Å². The van der Waals surface area contributed by atoms with Crippen LogP contribution < -0.4 is 0 Å². The minimum atomic E-state index is -0.305. The minimum absolute atomic E-state index is 0.00524. The van der Waals surface area contributed by atoms with E-state index in [1.54, 1.807) is 0 Å². The lowest BCUT2D eigenvalue weighted by Crippen LogP contribution is -2.36. The van der Waals surface area contributed by atoms with Gasteiger partial charge >= 0.3 is 5.97 Å². The van der Waals surface area contributed by atoms with E-state index in [0.717, 1.165) is 25.2 Å². The van der Waals surface area contributed by atoms with Crippen molar-refractivity contribution in [2.24, 2.45) is 17.3 Å². The molecule has 3 atom stereocenters. The topological polar surface area (TPSA) is 26.3 Å². The molecule has 0 aliphatic carbocycles. The molecule has 0 saturated heterocycles. The molecule has 150 valence electrons. The molecule has 3 unspecified atom stereocenters. The molecular weight excluding hydrogens is 308 g/mol. The van der Waals surface area contributed by atoms with E-state index in [1.165, 1.54) is 57.8 Å². The molecule has 0 radical (unpaired) electrons. The van der Waals surface area contributed by atoms with Crippen molar-refractivity contribution in [3.8, 4) is 0 Å². The molecule has 0 N–H and O–H groups in total. The van der Waals surface area contributed by atoms with E-state index in [0.29, 0.717) is 12.5 Å². The van der Waals surface area contributed by atoms with Crippen LogP contribution in [0.25, 0.3) is 0 Å². The van der Waals surface area contributed by atoms with Crippen LogP contribution in [-0.4, -0.2) is 12.6 Å². The zero-order valence-electron chi connectivity index (χ0n) is 18.2. The average molecular weight is 355 g/mol. The Labute approximate surface area is 158 Å². The van der Waals surface area contributed by atoms with Crippen LogP contribution >= 0.6 is 0 Å². The predicted octanol–water partition coefficient (Wildman–Crippen LogP) is 7.55. The highest BCUT2D eigenvalue weighted by Crippen LogP contribution is 2.37. The Balaban J connectivity index is 3.89. The first kappa shape index (κ1) is 24.5. The summed E-state index contributed by atoms with van der Waals surface area (Å²) in [4.78, 5) is 12.4. The Morgan fingerprint density at radius 2 is 1.40 bits per heavy atom. The van der Waals surface area contributed by atoms with Gasteiger partial charge < -0.3 is 4.74 Å². The van der Waals surface area contributed by atoms with Crippen LogP contribution in [-0.2, 0) is 9.53 Å². The maximum atomic E-state index is 12.4. The molecule has 0 bridgehead atoms. The maximum absolute atomic E-state index is 12.4. The number of esters is 1. The SMILES string of the molecule is CCCC(C)(C(=O)OCC)C(C)CCCCCCCCCC(C)CC. The highest BCUT2D eigenvalue weighted by atomic mass is 16.5. The molecule has 0 aromatic heterocycles. The third kappa shape index (κ3) is 10.3. The van der Waals surface area contributed by atoms with Gasteiger partial charge in [-0.1, -0.05) is 91.9 Å². The van der Waals surface area contributed by atoms with Crippen LogP contribution in [0.2, 0.25) is 0 Å². The molecule has 0 aromatic carbocycles. The molecule has 0 saturated carbocycles. The van der Waals surface area contributed by atoms with Gasteiger partial charge in [0.1, 0.15) is 0 Å². The van der Waals surface area contributed by atoms with Crippen LogP contribution in [0.15, 0.2) is 0 Å². The lowest BCUT2D eigenvalue weighted by atomic mass is 9.72. The first-order chi connectivity index (χ1) is 11.9. The molecule has 0 amide bonds. The molecule has 25 heavy (non-hydrogen) atoms. The molecule has 2 heteroatoms. The van der Waals surface area contributed by atoms with E-state index in [4.69, 9.17) is 4.74 Å². The van der Waals surface area contributed by atoms with Crippen LogP contribution in [0.4, 0.5) is 0 Å². The Kier molecular flexibility index (Phi) is 14.3. The molecule has 0 aliphatic rings. The zero-order valence-corrected chi connectivity index (χ0v) is 18.2. The normalized spacial score (nSPS) is 16.2. The van der Waals surface area contributed by atoms with Gasteiger partial charge in [-0.3, -0.25) is 4.79 Å². The second kappa shape index (κ2) is 14.6. The summed E-state index contributed by atoms with van der Waals surface area (Å²) in [5, 5.41) is 0. The van der Waals surface area contributed by atoms with Crippen molar-refractivity contribution >= 4 is 5.97 Å². The van der Waals surface area contributed by atoms with E-state index in [1.807, 2.05) is 6.92 Å². The van der Waals surface area contributed by atoms with E-state index < -0.39 is 0 Å². The van der Waals surface area contributed by atoms with Crippen molar-refractivity contribution in [2.45, 2.75) is 119 Å². The van der Waals surface area contributed by atoms with Gasteiger partial charge in [0.25, 0.3) is 0 Å². The second-order valence-corrected chi connectivity index (χ2v) is 8.35. The van der Waals surface area contributed by atoms with Gasteiger partial charge in [0.2, 0.25) is 0 Å². The molecule has 0 fully saturated rings. The lowest BCUT2D eigenvalue weighted by Gasteiger charge is -2.33. The summed E-state index contributed by atoms with van der Waals surface area (Å²) < 4.78 is 5.35. The Morgan fingerprint density at radius 1 is 0.880 bits per heavy atom. The molecule has 2 nitrogen and oxygen atoms in total. The Morgan fingerprint density at radius 3 is 1.88 bits per heavy atom. The summed E-state index contributed by atoms with van der Waals surface area (Å²) >= 11 is 0. The van der Waals surface area contributed by atoms with Crippen molar-refractivity contribution in [2.75, 3.05) is 6.61 Å². The molecule has 0 spiro atoms. The van der Waals surface area contributed by atoms with Gasteiger partial charge in [-0.05, 0) is 38.5 Å². The second-order valence-electron chi connectivity index (χ2n) is 8.35. The quantitative estimate of drug-likeness (QED) is 0.211. The standard InChI is InChI=1S/C23H46O2/c1-7-19-23(6,22(24)25-9-3)21(5)18-16-14-12-10-11-13-15-17-20(4)8-2/h20-21H,7-19H2,1-6H3. The number of hydrogen-bond acceptors (Lipinski definition) is 2. The average Bonchev–Trinajstić information content (AvgIpc) is 2.59. The fourth-order valence-corrected chi connectivity index (χ4v) is 3.71. The first-order valence-corrected chi connectivity index (χ1v) is 11.1. The van der Waals surface area contributed by atoms with Crippen molar-refractivity contribution < 1.29 is 9.53 Å². The van der Waals surface area contributed by atoms with Gasteiger partial charge in [-0.25, -0.2) is 0 Å². The smallest absolute Gasteiger partial charge is 0.312 e. The maximum Gasteiger partial charge on any atom is 0.312 e. The number of unbranched alkanes of at least 4 members (excludes halogenated alkanes) is 6. The van der Waals surface area contributed by atoms with Gasteiger partial charge in [0, 0.05) is 0 Å². The summed E-state index contributed by atoms with van der Waals surface area (Å²) in [7, 11) is 0. The Hall–Kier alpha value is -0.530. The van der Waals surface area contributed by atoms with E-state index in [2.05, 4.69) is 34.6 Å². The van der Waals surface area contributed by atoms with Crippen molar-refractivity contribution in [1.29, 1.82) is 0 Å². The number of ether oxygens (including phenoxy) is 1. The van der Waals surface area contributed by atoms with E-state index >= 15 is 0 Å². The molecular formula is C23H46O2. The van der Waals surface area contributed by atoms with Gasteiger partial charge in [-0.15, -0.1) is 0 Å². The van der Waals surface area contributed by atoms with Crippen LogP contribution in [0, 0.1) is 17.3 Å². The zero-order chi connectivity index (χ0) is 19.1. The number of hydrogen-bond donors (Lipinski definition) is 0. The Bertz CT molecular complexity index is 326. The highest BCUT2D eigenvalue weighted by Gasteiger charge is 2.38. The fourth-order valence-electron chi connectivity index (χ4n) is 3.71. The predicted molar refractivity (Wildman–Crippen MR) is 110 cm³/mol. The van der Waals surface area contributed by atoms with Gasteiger partial charge in [0.15, 0.2) is 0 Å². The van der Waals surface area contributed by atoms with Crippen LogP contribution in [0.1, 0.15) is 119 Å². The largest absolute Gasteiger partial charge is 0.466 e. The summed E-state index contributed by atoms with van der Waals surface area (Å²) in [6.07, 6.45) is 15.3. The summed E-state index contributed by atoms with van der Waals surface area (Å²) in [6, 6.07) is 0. The lowest BCUT2D eigenvalue weighted by molar-refractivity contribution is -0.158. The first-order valence-electron chi connectivity index (χ1n) is 11.1. The van der Waals surface area contributed by atoms with Crippen LogP contribution in [0.5, 0.6) is 0 Å². The third-order valence-electron chi connectivity index (χ3n) is 6.13. The minimum Gasteiger partial charge on any atom is -0.466 e. The molecule has 0 heterocycles. The summed E-state index contributed by atoms with van der Waals surface area (Å²) in [5.74, 6) is 1.31. The van der Waals surface area contributed by atoms with Gasteiger partial charge in [-0.2, -0.15) is 0 Å². The molecule has 0 aromatic rings. The van der Waals surface area contributed by atoms with Gasteiger partial charge in [0.05, 0.1) is 12.0 Å². The monoisotopic (exact) mass is 354 g/mol. The van der Waals surface area contributed by atoms with Crippen molar-refractivity contribution in [3.63, 3.8) is 0 Å². The summed E-state index contributed by atoms with van der Waals surface area (Å²) in [5.41, 5.74) is -0.305. The number of carbonyl (C=O) groups is 1. The number of rotatable bonds is 16. The van der Waals surface area contributed by atoms with E-state index in [9.17, 15) is 4.79 Å². The molecule has 0 aliphatic heterocycles. The third-order valence-corrected chi connectivity index (χ3v) is 6.13.